The minimum atomic E-state index is -0.349. The van der Waals surface area contributed by atoms with Gasteiger partial charge in [0.05, 0.1) is 4.47 Å². The van der Waals surface area contributed by atoms with E-state index in [0.717, 1.165) is 5.56 Å². The van der Waals surface area contributed by atoms with Crippen LogP contribution in [0.25, 0.3) is 0 Å². The molecule has 0 amide bonds. The quantitative estimate of drug-likeness (QED) is 0.883. The molecule has 0 radical (unpaired) electrons. The summed E-state index contributed by atoms with van der Waals surface area (Å²) in [5.41, 5.74) is 0.935. The molecule has 0 aliphatic heterocycles. The fraction of sp³-hybridized carbons (Fsp3) is 0.267. The van der Waals surface area contributed by atoms with Crippen molar-refractivity contribution in [3.05, 3.63) is 52.5 Å². The van der Waals surface area contributed by atoms with Gasteiger partial charge in [-0.3, -0.25) is 4.98 Å². The second-order valence-corrected chi connectivity index (χ2v) is 5.55. The van der Waals surface area contributed by atoms with Crippen LogP contribution in [0, 0.1) is 5.82 Å². The van der Waals surface area contributed by atoms with Crippen molar-refractivity contribution in [3.8, 4) is 11.5 Å². The largest absolute Gasteiger partial charge is 0.457 e. The van der Waals surface area contributed by atoms with Gasteiger partial charge in [0.1, 0.15) is 17.3 Å². The van der Waals surface area contributed by atoms with Gasteiger partial charge in [-0.15, -0.1) is 0 Å². The lowest BCUT2D eigenvalue weighted by Gasteiger charge is -2.13. The summed E-state index contributed by atoms with van der Waals surface area (Å²) < 4.78 is 19.6. The predicted molar refractivity (Wildman–Crippen MR) is 80.4 cm³/mol. The highest BCUT2D eigenvalue weighted by atomic mass is 79.9. The van der Waals surface area contributed by atoms with Gasteiger partial charge >= 0.3 is 0 Å². The monoisotopic (exact) mass is 338 g/mol. The molecule has 1 aromatic heterocycles. The molecule has 20 heavy (non-hydrogen) atoms. The van der Waals surface area contributed by atoms with Crippen LogP contribution in [0.1, 0.15) is 19.4 Å². The van der Waals surface area contributed by atoms with E-state index in [-0.39, 0.29) is 5.82 Å². The molecule has 0 unspecified atom stereocenters. The van der Waals surface area contributed by atoms with Crippen molar-refractivity contribution in [2.75, 3.05) is 0 Å². The smallest absolute Gasteiger partial charge is 0.141 e. The number of nitrogens with zero attached hydrogens (tertiary/aromatic N) is 1. The summed E-state index contributed by atoms with van der Waals surface area (Å²) in [5.74, 6) is 0.788. The summed E-state index contributed by atoms with van der Waals surface area (Å²) in [6.45, 7) is 4.79. The molecule has 2 rings (SSSR count). The Hall–Kier alpha value is -1.46. The van der Waals surface area contributed by atoms with Crippen molar-refractivity contribution in [2.45, 2.75) is 26.4 Å². The molecule has 2 aromatic rings. The molecule has 1 heterocycles. The zero-order chi connectivity index (χ0) is 14.5. The number of hydrogen-bond acceptors (Lipinski definition) is 3. The Morgan fingerprint density at radius 2 is 2.15 bits per heavy atom. The van der Waals surface area contributed by atoms with E-state index >= 15 is 0 Å². The second-order valence-electron chi connectivity index (χ2n) is 4.70. The Balaban J connectivity index is 2.17. The first-order valence-electron chi connectivity index (χ1n) is 6.35. The fourth-order valence-corrected chi connectivity index (χ4v) is 1.87. The number of hydrogen-bond donors (Lipinski definition) is 1. The summed E-state index contributed by atoms with van der Waals surface area (Å²) in [6, 6.07) is 6.83. The molecule has 0 atom stereocenters. The van der Waals surface area contributed by atoms with Crippen molar-refractivity contribution in [3.63, 3.8) is 0 Å². The van der Waals surface area contributed by atoms with Crippen LogP contribution in [0.2, 0.25) is 0 Å². The molecule has 0 spiro atoms. The van der Waals surface area contributed by atoms with Crippen LogP contribution in [-0.2, 0) is 6.54 Å². The number of rotatable bonds is 5. The topological polar surface area (TPSA) is 34.2 Å². The zero-order valence-corrected chi connectivity index (χ0v) is 12.9. The van der Waals surface area contributed by atoms with Crippen LogP contribution in [0.5, 0.6) is 11.5 Å². The summed E-state index contributed by atoms with van der Waals surface area (Å²) >= 11 is 3.12. The summed E-state index contributed by atoms with van der Waals surface area (Å²) in [6.07, 6.45) is 3.41. The van der Waals surface area contributed by atoms with Crippen molar-refractivity contribution >= 4 is 15.9 Å². The lowest BCUT2D eigenvalue weighted by atomic mass is 10.2. The van der Waals surface area contributed by atoms with Gasteiger partial charge in [-0.05, 0) is 34.1 Å². The predicted octanol–water partition coefficient (Wildman–Crippen LogP) is 4.27. The Morgan fingerprint density at radius 3 is 2.85 bits per heavy atom. The Labute approximate surface area is 126 Å². The number of nitrogens with one attached hydrogen (secondary N) is 1. The normalized spacial score (nSPS) is 10.8. The Bertz CT molecular complexity index is 590. The van der Waals surface area contributed by atoms with Crippen LogP contribution in [0.4, 0.5) is 4.39 Å². The van der Waals surface area contributed by atoms with Gasteiger partial charge in [0.2, 0.25) is 0 Å². The third-order valence-electron chi connectivity index (χ3n) is 2.68. The van der Waals surface area contributed by atoms with Crippen LogP contribution in [0.15, 0.2) is 41.1 Å². The first-order valence-corrected chi connectivity index (χ1v) is 7.14. The molecule has 1 aromatic carbocycles. The van der Waals surface area contributed by atoms with E-state index in [4.69, 9.17) is 4.74 Å². The maximum atomic E-state index is 13.5. The van der Waals surface area contributed by atoms with E-state index in [9.17, 15) is 4.39 Å². The molecule has 0 saturated carbocycles. The molecule has 106 valence electrons. The fourth-order valence-electron chi connectivity index (χ4n) is 1.63. The molecule has 0 aliphatic rings. The van der Waals surface area contributed by atoms with E-state index in [1.165, 1.54) is 6.07 Å². The van der Waals surface area contributed by atoms with Crippen molar-refractivity contribution in [2.24, 2.45) is 0 Å². The van der Waals surface area contributed by atoms with Gasteiger partial charge in [-0.2, -0.15) is 0 Å². The van der Waals surface area contributed by atoms with E-state index < -0.39 is 0 Å². The number of benzene rings is 1. The number of pyridine rings is 1. The maximum absolute atomic E-state index is 13.5. The molecule has 0 bridgehead atoms. The summed E-state index contributed by atoms with van der Waals surface area (Å²) in [5, 5.41) is 3.31. The highest BCUT2D eigenvalue weighted by molar-refractivity contribution is 9.10. The lowest BCUT2D eigenvalue weighted by molar-refractivity contribution is 0.463. The maximum Gasteiger partial charge on any atom is 0.141 e. The van der Waals surface area contributed by atoms with E-state index in [2.05, 4.69) is 40.1 Å². The molecule has 1 N–H and O–H groups in total. The molecule has 0 fully saturated rings. The Morgan fingerprint density at radius 1 is 1.35 bits per heavy atom. The third kappa shape index (κ3) is 4.02. The highest BCUT2D eigenvalue weighted by Crippen LogP contribution is 2.27. The molecule has 3 nitrogen and oxygen atoms in total. The lowest BCUT2D eigenvalue weighted by Crippen LogP contribution is -2.22. The van der Waals surface area contributed by atoms with Crippen LogP contribution in [0.3, 0.4) is 0 Å². The van der Waals surface area contributed by atoms with Gasteiger partial charge in [-0.25, -0.2) is 4.39 Å². The van der Waals surface area contributed by atoms with E-state index in [1.807, 2.05) is 0 Å². The first kappa shape index (κ1) is 14.9. The standard InChI is InChI=1S/C15H16BrFN2O/c1-10(2)19-9-11-8-18-6-5-15(11)20-12-3-4-13(16)14(17)7-12/h3-8,10,19H,9H2,1-2H3. The average Bonchev–Trinajstić information content (AvgIpc) is 2.42. The van der Waals surface area contributed by atoms with Gasteiger partial charge in [0.25, 0.3) is 0 Å². The number of aromatic nitrogens is 1. The minimum absolute atomic E-state index is 0.349. The van der Waals surface area contributed by atoms with Crippen LogP contribution < -0.4 is 10.1 Å². The number of halogens is 2. The van der Waals surface area contributed by atoms with Crippen molar-refractivity contribution in [1.29, 1.82) is 0 Å². The van der Waals surface area contributed by atoms with Crippen LogP contribution in [-0.4, -0.2) is 11.0 Å². The van der Waals surface area contributed by atoms with Crippen LogP contribution >= 0.6 is 15.9 Å². The zero-order valence-electron chi connectivity index (χ0n) is 11.4. The van der Waals surface area contributed by atoms with Crippen molar-refractivity contribution < 1.29 is 9.13 Å². The van der Waals surface area contributed by atoms with E-state index in [1.54, 1.807) is 30.6 Å². The SMILES string of the molecule is CC(C)NCc1cnccc1Oc1ccc(Br)c(F)c1. The first-order chi connectivity index (χ1) is 9.56. The molecule has 0 saturated heterocycles. The third-order valence-corrected chi connectivity index (χ3v) is 3.32. The molecular formula is C15H16BrFN2O. The molecule has 0 aliphatic carbocycles. The summed E-state index contributed by atoms with van der Waals surface area (Å²) in [7, 11) is 0. The van der Waals surface area contributed by atoms with Gasteiger partial charge in [0.15, 0.2) is 0 Å². The van der Waals surface area contributed by atoms with E-state index in [0.29, 0.717) is 28.6 Å². The second kappa shape index (κ2) is 6.81. The average molecular weight is 339 g/mol. The van der Waals surface area contributed by atoms with Gasteiger partial charge in [0, 0.05) is 36.6 Å². The minimum Gasteiger partial charge on any atom is -0.457 e. The van der Waals surface area contributed by atoms with Crippen molar-refractivity contribution in [1.82, 2.24) is 10.3 Å². The molecular weight excluding hydrogens is 323 g/mol. The highest BCUT2D eigenvalue weighted by Gasteiger charge is 2.07. The van der Waals surface area contributed by atoms with Gasteiger partial charge < -0.3 is 10.1 Å². The molecule has 5 heteroatoms. The number of ether oxygens (including phenoxy) is 1. The van der Waals surface area contributed by atoms with Gasteiger partial charge in [-0.1, -0.05) is 13.8 Å². The summed E-state index contributed by atoms with van der Waals surface area (Å²) in [4.78, 5) is 4.09. The Kier molecular flexibility index (Phi) is 5.09.